The number of rotatable bonds is 4. The minimum atomic E-state index is 0.496. The van der Waals surface area contributed by atoms with E-state index >= 15 is 0 Å². The van der Waals surface area contributed by atoms with Crippen LogP contribution >= 0.6 is 11.3 Å². The van der Waals surface area contributed by atoms with E-state index < -0.39 is 0 Å². The minimum Gasteiger partial charge on any atom is -0.354 e. The van der Waals surface area contributed by atoms with E-state index in [4.69, 9.17) is 5.84 Å². The number of thiophene rings is 1. The topological polar surface area (TPSA) is 70.3 Å². The number of likely N-dealkylation sites (N-methyl/N-ethyl adjacent to an activating group) is 1. The molecule has 0 aromatic carbocycles. The minimum absolute atomic E-state index is 0.496. The molecule has 1 atom stereocenters. The Labute approximate surface area is 128 Å². The van der Waals surface area contributed by atoms with E-state index in [1.807, 2.05) is 0 Å². The number of nitrogen functional groups attached to an aromatic ring is 1. The van der Waals surface area contributed by atoms with E-state index in [1.165, 1.54) is 4.88 Å². The fourth-order valence-corrected chi connectivity index (χ4v) is 3.75. The summed E-state index contributed by atoms with van der Waals surface area (Å²) in [5.74, 6) is 7.03. The van der Waals surface area contributed by atoms with Gasteiger partial charge < -0.3 is 9.80 Å². The second-order valence-corrected chi connectivity index (χ2v) is 6.77. The Bertz CT molecular complexity index is 638. The molecule has 1 unspecified atom stereocenters. The van der Waals surface area contributed by atoms with Crippen LogP contribution in [-0.2, 0) is 6.42 Å². The van der Waals surface area contributed by atoms with Gasteiger partial charge in [0.05, 0.1) is 5.39 Å². The summed E-state index contributed by atoms with van der Waals surface area (Å²) in [5, 5.41) is 1.15. The normalized spacial score (nSPS) is 18.9. The van der Waals surface area contributed by atoms with E-state index in [0.29, 0.717) is 12.0 Å². The highest BCUT2D eigenvalue weighted by atomic mass is 32.1. The fraction of sp³-hybridized carbons (Fsp3) is 0.571. The van der Waals surface area contributed by atoms with E-state index in [2.05, 4.69) is 52.3 Å². The summed E-state index contributed by atoms with van der Waals surface area (Å²) in [6.45, 7) is 4.19. The van der Waals surface area contributed by atoms with Gasteiger partial charge in [0.2, 0.25) is 5.95 Å². The Morgan fingerprint density at radius 1 is 1.48 bits per heavy atom. The first-order valence-corrected chi connectivity index (χ1v) is 8.12. The third-order valence-corrected chi connectivity index (χ3v) is 5.27. The Hall–Kier alpha value is -1.44. The molecule has 6 nitrogen and oxygen atoms in total. The fourth-order valence-electron chi connectivity index (χ4n) is 2.79. The van der Waals surface area contributed by atoms with E-state index in [-0.39, 0.29) is 0 Å². The largest absolute Gasteiger partial charge is 0.354 e. The number of nitrogens with one attached hydrogen (secondary N) is 1. The number of hydrogen-bond acceptors (Lipinski definition) is 7. The van der Waals surface area contributed by atoms with Crippen molar-refractivity contribution in [3.63, 3.8) is 0 Å². The molecule has 1 aliphatic rings. The maximum atomic E-state index is 5.53. The standard InChI is InChI=1S/C14H22N6S/c1-4-10-7-11-12(16-14(18-15)17-13(11)21-10)20-6-5-9(8-20)19(2)3/h7,9H,4-6,8,15H2,1-3H3,(H,16,17,18). The smallest absolute Gasteiger partial charge is 0.240 e. The molecule has 114 valence electrons. The lowest BCUT2D eigenvalue weighted by atomic mass is 10.2. The summed E-state index contributed by atoms with van der Waals surface area (Å²) in [7, 11) is 4.27. The van der Waals surface area contributed by atoms with Crippen LogP contribution in [0.5, 0.6) is 0 Å². The Balaban J connectivity index is 2.02. The third kappa shape index (κ3) is 2.68. The Kier molecular flexibility index (Phi) is 3.97. The molecule has 7 heteroatoms. The van der Waals surface area contributed by atoms with Gasteiger partial charge in [-0.1, -0.05) is 6.92 Å². The van der Waals surface area contributed by atoms with Crippen LogP contribution in [0.1, 0.15) is 18.2 Å². The summed E-state index contributed by atoms with van der Waals surface area (Å²) >= 11 is 1.72. The molecule has 21 heavy (non-hydrogen) atoms. The molecule has 3 heterocycles. The van der Waals surface area contributed by atoms with Gasteiger partial charge in [0, 0.05) is 24.0 Å². The Morgan fingerprint density at radius 3 is 2.90 bits per heavy atom. The van der Waals surface area contributed by atoms with Gasteiger partial charge in [-0.3, -0.25) is 5.43 Å². The number of hydrogen-bond donors (Lipinski definition) is 2. The van der Waals surface area contributed by atoms with Gasteiger partial charge in [0.1, 0.15) is 10.6 Å². The predicted octanol–water partition coefficient (Wildman–Crippen LogP) is 1.68. The van der Waals surface area contributed by atoms with Gasteiger partial charge >= 0.3 is 0 Å². The van der Waals surface area contributed by atoms with Crippen LogP contribution in [0.15, 0.2) is 6.07 Å². The average molecular weight is 306 g/mol. The van der Waals surface area contributed by atoms with Crippen molar-refractivity contribution >= 4 is 33.3 Å². The first-order chi connectivity index (χ1) is 10.1. The van der Waals surface area contributed by atoms with Gasteiger partial charge in [-0.2, -0.15) is 4.98 Å². The molecule has 1 saturated heterocycles. The molecular weight excluding hydrogens is 284 g/mol. The molecule has 2 aromatic rings. The lowest BCUT2D eigenvalue weighted by Crippen LogP contribution is -2.31. The van der Waals surface area contributed by atoms with E-state index in [1.54, 1.807) is 11.3 Å². The molecule has 0 bridgehead atoms. The van der Waals surface area contributed by atoms with Crippen molar-refractivity contribution in [2.24, 2.45) is 5.84 Å². The average Bonchev–Trinajstić information content (AvgIpc) is 3.12. The molecule has 3 rings (SSSR count). The maximum Gasteiger partial charge on any atom is 0.240 e. The molecule has 1 aliphatic heterocycles. The molecule has 2 aromatic heterocycles. The van der Waals surface area contributed by atoms with Crippen LogP contribution in [0, 0.1) is 0 Å². The second-order valence-electron chi connectivity index (χ2n) is 5.65. The van der Waals surface area contributed by atoms with Crippen molar-refractivity contribution < 1.29 is 0 Å². The van der Waals surface area contributed by atoms with Crippen LogP contribution in [0.4, 0.5) is 11.8 Å². The lowest BCUT2D eigenvalue weighted by molar-refractivity contribution is 0.315. The zero-order chi connectivity index (χ0) is 15.0. The van der Waals surface area contributed by atoms with Crippen molar-refractivity contribution in [1.29, 1.82) is 0 Å². The number of fused-ring (bicyclic) bond motifs is 1. The number of nitrogens with zero attached hydrogens (tertiary/aromatic N) is 4. The molecule has 0 spiro atoms. The summed E-state index contributed by atoms with van der Waals surface area (Å²) in [4.78, 5) is 16.1. The number of hydrazine groups is 1. The van der Waals surface area contributed by atoms with E-state index in [0.717, 1.165) is 42.0 Å². The highest BCUT2D eigenvalue weighted by Gasteiger charge is 2.27. The zero-order valence-electron chi connectivity index (χ0n) is 12.8. The van der Waals surface area contributed by atoms with Crippen LogP contribution in [-0.4, -0.2) is 48.1 Å². The van der Waals surface area contributed by atoms with Crippen LogP contribution in [0.2, 0.25) is 0 Å². The second kappa shape index (κ2) is 5.75. The van der Waals surface area contributed by atoms with Crippen molar-refractivity contribution in [1.82, 2.24) is 14.9 Å². The maximum absolute atomic E-state index is 5.53. The van der Waals surface area contributed by atoms with Gasteiger partial charge in [-0.15, -0.1) is 11.3 Å². The SMILES string of the molecule is CCc1cc2c(N3CCC(N(C)C)C3)nc(NN)nc2s1. The van der Waals surface area contributed by atoms with Gasteiger partial charge in [-0.05, 0) is 33.0 Å². The summed E-state index contributed by atoms with van der Waals surface area (Å²) < 4.78 is 0. The molecule has 1 fully saturated rings. The van der Waals surface area contributed by atoms with E-state index in [9.17, 15) is 0 Å². The molecule has 0 aliphatic carbocycles. The number of aromatic nitrogens is 2. The van der Waals surface area contributed by atoms with Crippen LogP contribution in [0.25, 0.3) is 10.2 Å². The van der Waals surface area contributed by atoms with Crippen molar-refractivity contribution in [2.45, 2.75) is 25.8 Å². The molecule has 0 saturated carbocycles. The van der Waals surface area contributed by atoms with Crippen molar-refractivity contribution in [3.05, 3.63) is 10.9 Å². The number of nitrogens with two attached hydrogens (primary N) is 1. The highest BCUT2D eigenvalue weighted by molar-refractivity contribution is 7.18. The molecular formula is C14H22N6S. The lowest BCUT2D eigenvalue weighted by Gasteiger charge is -2.21. The van der Waals surface area contributed by atoms with Crippen LogP contribution < -0.4 is 16.2 Å². The summed E-state index contributed by atoms with van der Waals surface area (Å²) in [6, 6.07) is 2.80. The number of aryl methyl sites for hydroxylation is 1. The quantitative estimate of drug-likeness (QED) is 0.661. The van der Waals surface area contributed by atoms with Gasteiger partial charge in [0.25, 0.3) is 0 Å². The Morgan fingerprint density at radius 2 is 2.29 bits per heavy atom. The molecule has 3 N–H and O–H groups in total. The summed E-state index contributed by atoms with van der Waals surface area (Å²) in [6.07, 6.45) is 2.18. The van der Waals surface area contributed by atoms with Crippen LogP contribution in [0.3, 0.4) is 0 Å². The number of anilines is 2. The molecule has 0 amide bonds. The first-order valence-electron chi connectivity index (χ1n) is 7.30. The highest BCUT2D eigenvalue weighted by Crippen LogP contribution is 2.34. The third-order valence-electron chi connectivity index (χ3n) is 4.09. The monoisotopic (exact) mass is 306 g/mol. The summed E-state index contributed by atoms with van der Waals surface area (Å²) in [5.41, 5.74) is 2.59. The van der Waals surface area contributed by atoms with Crippen molar-refractivity contribution in [2.75, 3.05) is 37.5 Å². The van der Waals surface area contributed by atoms with Gasteiger partial charge in [0.15, 0.2) is 0 Å². The first kappa shape index (κ1) is 14.5. The van der Waals surface area contributed by atoms with Crippen molar-refractivity contribution in [3.8, 4) is 0 Å². The van der Waals surface area contributed by atoms with Gasteiger partial charge in [-0.25, -0.2) is 10.8 Å². The zero-order valence-corrected chi connectivity index (χ0v) is 13.6. The molecule has 0 radical (unpaired) electrons. The predicted molar refractivity (Wildman–Crippen MR) is 88.9 cm³/mol.